The highest BCUT2D eigenvalue weighted by Gasteiger charge is 2.33. The monoisotopic (exact) mass is 429 g/mol. The zero-order valence-electron chi connectivity index (χ0n) is 16.8. The number of anilines is 1. The lowest BCUT2D eigenvalue weighted by Crippen LogP contribution is -2.39. The minimum atomic E-state index is -3.75. The minimum absolute atomic E-state index is 0.0370. The van der Waals surface area contributed by atoms with E-state index >= 15 is 0 Å². The van der Waals surface area contributed by atoms with E-state index in [-0.39, 0.29) is 23.0 Å². The molecule has 9 heteroatoms. The molecular weight excluding hydrogens is 406 g/mol. The van der Waals surface area contributed by atoms with Gasteiger partial charge in [0.15, 0.2) is 5.76 Å². The van der Waals surface area contributed by atoms with Crippen molar-refractivity contribution in [1.82, 2.24) is 9.62 Å². The molecule has 0 unspecified atom stereocenters. The average Bonchev–Trinajstić information content (AvgIpc) is 3.42. The van der Waals surface area contributed by atoms with Crippen molar-refractivity contribution in [2.45, 2.75) is 24.7 Å². The summed E-state index contributed by atoms with van der Waals surface area (Å²) in [4.78, 5) is 26.4. The Morgan fingerprint density at radius 3 is 2.60 bits per heavy atom. The first kappa shape index (κ1) is 21.6. The lowest BCUT2D eigenvalue weighted by atomic mass is 10.2. The SMILES string of the molecule is C#Cc1cccc(N(CC(=O)NC)C(=O)c2cc(S(=O)(=O)N3CCCC3)c(C)o2)c1. The predicted molar refractivity (Wildman–Crippen MR) is 112 cm³/mol. The maximum absolute atomic E-state index is 13.2. The zero-order valence-corrected chi connectivity index (χ0v) is 17.7. The van der Waals surface area contributed by atoms with Crippen LogP contribution in [-0.2, 0) is 14.8 Å². The highest BCUT2D eigenvalue weighted by atomic mass is 32.2. The first-order valence-corrected chi connectivity index (χ1v) is 10.9. The lowest BCUT2D eigenvalue weighted by Gasteiger charge is -2.21. The van der Waals surface area contributed by atoms with Crippen molar-refractivity contribution in [3.63, 3.8) is 0 Å². The molecule has 3 rings (SSSR count). The fourth-order valence-corrected chi connectivity index (χ4v) is 4.97. The van der Waals surface area contributed by atoms with Crippen LogP contribution in [0.1, 0.15) is 34.7 Å². The Kier molecular flexibility index (Phi) is 6.29. The number of hydrogen-bond acceptors (Lipinski definition) is 5. The van der Waals surface area contributed by atoms with E-state index in [1.165, 1.54) is 29.2 Å². The van der Waals surface area contributed by atoms with Crippen LogP contribution in [-0.4, -0.2) is 51.2 Å². The van der Waals surface area contributed by atoms with E-state index in [1.807, 2.05) is 0 Å². The summed E-state index contributed by atoms with van der Waals surface area (Å²) in [5, 5.41) is 2.47. The quantitative estimate of drug-likeness (QED) is 0.705. The van der Waals surface area contributed by atoms with Gasteiger partial charge in [0.05, 0.1) is 0 Å². The van der Waals surface area contributed by atoms with Gasteiger partial charge in [-0.1, -0.05) is 12.0 Å². The molecule has 0 spiro atoms. The summed E-state index contributed by atoms with van der Waals surface area (Å²) >= 11 is 0. The molecule has 0 saturated carbocycles. The van der Waals surface area contributed by atoms with Crippen LogP contribution in [0.15, 0.2) is 39.6 Å². The molecule has 2 aromatic rings. The van der Waals surface area contributed by atoms with Gasteiger partial charge in [-0.25, -0.2) is 8.42 Å². The Morgan fingerprint density at radius 2 is 1.97 bits per heavy atom. The molecule has 8 nitrogen and oxygen atoms in total. The molecule has 1 aromatic heterocycles. The topological polar surface area (TPSA) is 99.9 Å². The van der Waals surface area contributed by atoms with Crippen molar-refractivity contribution in [1.29, 1.82) is 0 Å². The van der Waals surface area contributed by atoms with E-state index in [0.29, 0.717) is 24.3 Å². The number of hydrogen-bond donors (Lipinski definition) is 1. The molecule has 30 heavy (non-hydrogen) atoms. The number of sulfonamides is 1. The Bertz CT molecular complexity index is 1110. The number of amides is 2. The van der Waals surface area contributed by atoms with E-state index in [1.54, 1.807) is 24.3 Å². The van der Waals surface area contributed by atoms with Crippen LogP contribution in [0.25, 0.3) is 0 Å². The maximum Gasteiger partial charge on any atom is 0.294 e. The van der Waals surface area contributed by atoms with E-state index in [4.69, 9.17) is 10.8 Å². The van der Waals surface area contributed by atoms with Gasteiger partial charge in [0.2, 0.25) is 15.9 Å². The van der Waals surface area contributed by atoms with Gasteiger partial charge in [0.25, 0.3) is 5.91 Å². The van der Waals surface area contributed by atoms with Crippen LogP contribution in [0.4, 0.5) is 5.69 Å². The Morgan fingerprint density at radius 1 is 1.27 bits per heavy atom. The number of aryl methyl sites for hydroxylation is 1. The maximum atomic E-state index is 13.2. The molecule has 158 valence electrons. The Balaban J connectivity index is 1.99. The van der Waals surface area contributed by atoms with Crippen molar-refractivity contribution in [2.75, 3.05) is 31.6 Å². The van der Waals surface area contributed by atoms with Crippen molar-refractivity contribution >= 4 is 27.5 Å². The normalized spacial score (nSPS) is 14.3. The van der Waals surface area contributed by atoms with Gasteiger partial charge in [-0.15, -0.1) is 6.42 Å². The molecule has 2 amide bonds. The Labute approximate surface area is 175 Å². The molecule has 1 fully saturated rings. The second kappa shape index (κ2) is 8.73. The van der Waals surface area contributed by atoms with Crippen LogP contribution in [0.5, 0.6) is 0 Å². The molecular formula is C21H23N3O5S. The fourth-order valence-electron chi connectivity index (χ4n) is 3.29. The summed E-state index contributed by atoms with van der Waals surface area (Å²) in [6.45, 7) is 2.11. The molecule has 0 radical (unpaired) electrons. The number of likely N-dealkylation sites (N-methyl/N-ethyl adjacent to an activating group) is 1. The third-order valence-corrected chi connectivity index (χ3v) is 6.92. The van der Waals surface area contributed by atoms with Crippen LogP contribution in [0, 0.1) is 19.3 Å². The van der Waals surface area contributed by atoms with Gasteiger partial charge in [0, 0.05) is 37.5 Å². The number of nitrogens with zero attached hydrogens (tertiary/aromatic N) is 2. The van der Waals surface area contributed by atoms with E-state index in [2.05, 4.69) is 11.2 Å². The minimum Gasteiger partial charge on any atom is -0.455 e. The van der Waals surface area contributed by atoms with Crippen LogP contribution in [0.3, 0.4) is 0 Å². The van der Waals surface area contributed by atoms with E-state index in [0.717, 1.165) is 12.8 Å². The van der Waals surface area contributed by atoms with Crippen molar-refractivity contribution < 1.29 is 22.4 Å². The van der Waals surface area contributed by atoms with Crippen molar-refractivity contribution in [3.05, 3.63) is 47.4 Å². The molecule has 0 bridgehead atoms. The number of benzene rings is 1. The van der Waals surface area contributed by atoms with Crippen LogP contribution in [0.2, 0.25) is 0 Å². The second-order valence-electron chi connectivity index (χ2n) is 6.90. The number of carbonyl (C=O) groups excluding carboxylic acids is 2. The number of nitrogens with one attached hydrogen (secondary N) is 1. The van der Waals surface area contributed by atoms with Gasteiger partial charge in [-0.3, -0.25) is 14.5 Å². The first-order valence-electron chi connectivity index (χ1n) is 9.47. The number of terminal acetylenes is 1. The molecule has 1 aromatic carbocycles. The van der Waals surface area contributed by atoms with Crippen molar-refractivity contribution in [2.24, 2.45) is 0 Å². The molecule has 1 aliphatic rings. The van der Waals surface area contributed by atoms with E-state index < -0.39 is 21.8 Å². The molecule has 0 atom stereocenters. The average molecular weight is 429 g/mol. The summed E-state index contributed by atoms with van der Waals surface area (Å²) in [5.74, 6) is 1.41. The molecule has 1 aliphatic heterocycles. The third-order valence-electron chi connectivity index (χ3n) is 4.92. The molecule has 1 saturated heterocycles. The van der Waals surface area contributed by atoms with Crippen LogP contribution >= 0.6 is 0 Å². The summed E-state index contributed by atoms with van der Waals surface area (Å²) in [6, 6.07) is 7.83. The summed E-state index contributed by atoms with van der Waals surface area (Å²) in [6.07, 6.45) is 7.04. The predicted octanol–water partition coefficient (Wildman–Crippen LogP) is 1.75. The zero-order chi connectivity index (χ0) is 21.9. The number of rotatable bonds is 6. The van der Waals surface area contributed by atoms with Gasteiger partial charge in [-0.2, -0.15) is 4.31 Å². The van der Waals surface area contributed by atoms with Crippen LogP contribution < -0.4 is 10.2 Å². The molecule has 2 heterocycles. The molecule has 0 aliphatic carbocycles. The highest BCUT2D eigenvalue weighted by molar-refractivity contribution is 7.89. The Hall–Kier alpha value is -3.09. The summed E-state index contributed by atoms with van der Waals surface area (Å²) in [7, 11) is -2.29. The summed E-state index contributed by atoms with van der Waals surface area (Å²) in [5.41, 5.74) is 0.937. The standard InChI is InChI=1S/C21H23N3O5S/c1-4-16-8-7-9-17(12-16)24(14-20(25)22-3)21(26)18-13-19(15(2)29-18)30(27,28)23-10-5-6-11-23/h1,7-9,12-13H,5-6,10-11,14H2,2-3H3,(H,22,25). The van der Waals surface area contributed by atoms with Gasteiger partial charge in [-0.05, 0) is 38.0 Å². The lowest BCUT2D eigenvalue weighted by molar-refractivity contribution is -0.119. The number of furan rings is 1. The highest BCUT2D eigenvalue weighted by Crippen LogP contribution is 2.28. The fraction of sp³-hybridized carbons (Fsp3) is 0.333. The van der Waals surface area contributed by atoms with Gasteiger partial charge < -0.3 is 9.73 Å². The van der Waals surface area contributed by atoms with Gasteiger partial charge in [0.1, 0.15) is 17.2 Å². The second-order valence-corrected chi connectivity index (χ2v) is 8.81. The van der Waals surface area contributed by atoms with E-state index in [9.17, 15) is 18.0 Å². The number of carbonyl (C=O) groups is 2. The van der Waals surface area contributed by atoms with Crippen molar-refractivity contribution in [3.8, 4) is 12.3 Å². The first-order chi connectivity index (χ1) is 14.3. The summed E-state index contributed by atoms with van der Waals surface area (Å²) < 4.78 is 32.7. The largest absolute Gasteiger partial charge is 0.455 e. The molecule has 1 N–H and O–H groups in total. The van der Waals surface area contributed by atoms with Gasteiger partial charge >= 0.3 is 0 Å². The third kappa shape index (κ3) is 4.25. The smallest absolute Gasteiger partial charge is 0.294 e.